The van der Waals surface area contributed by atoms with Crippen molar-refractivity contribution in [1.29, 1.82) is 5.26 Å². The van der Waals surface area contributed by atoms with Crippen molar-refractivity contribution >= 4 is 31.5 Å². The number of nitrogen functional groups attached to an aromatic ring is 1. The van der Waals surface area contributed by atoms with E-state index < -0.39 is 21.4 Å². The maximum Gasteiger partial charge on any atom is 0.184 e. The van der Waals surface area contributed by atoms with E-state index in [1.807, 2.05) is 0 Å². The Morgan fingerprint density at radius 1 is 1.24 bits per heavy atom. The van der Waals surface area contributed by atoms with Gasteiger partial charge in [-0.2, -0.15) is 5.26 Å². The van der Waals surface area contributed by atoms with Gasteiger partial charge in [-0.25, -0.2) is 12.8 Å². The van der Waals surface area contributed by atoms with Gasteiger partial charge in [-0.05, 0) is 42.0 Å². The molecule has 0 radical (unpaired) electrons. The first-order chi connectivity index (χ1) is 9.81. The Hall–Kier alpha value is -1.91. The highest BCUT2D eigenvalue weighted by atomic mass is 79.9. The molecule has 2 aromatic carbocycles. The summed E-state index contributed by atoms with van der Waals surface area (Å²) < 4.78 is 38.7. The molecule has 0 aliphatic carbocycles. The summed E-state index contributed by atoms with van der Waals surface area (Å²) >= 11 is 3.20. The number of nitrogens with two attached hydrogens (primary N) is 1. The number of hydrogen-bond donors (Lipinski definition) is 1. The average molecular weight is 369 g/mol. The van der Waals surface area contributed by atoms with E-state index in [0.29, 0.717) is 4.47 Å². The quantitative estimate of drug-likeness (QED) is 0.843. The van der Waals surface area contributed by atoms with Crippen molar-refractivity contribution in [3.8, 4) is 6.07 Å². The molecule has 0 fully saturated rings. The molecule has 7 heteroatoms. The Bertz CT molecular complexity index is 845. The zero-order valence-corrected chi connectivity index (χ0v) is 13.1. The Labute approximate surface area is 130 Å². The van der Waals surface area contributed by atoms with Crippen LogP contribution in [0.1, 0.15) is 11.1 Å². The number of benzene rings is 2. The van der Waals surface area contributed by atoms with Crippen LogP contribution in [0.2, 0.25) is 0 Å². The molecule has 0 aliphatic rings. The topological polar surface area (TPSA) is 84.0 Å². The summed E-state index contributed by atoms with van der Waals surface area (Å²) in [6.45, 7) is 0. The van der Waals surface area contributed by atoms with Crippen LogP contribution in [0.3, 0.4) is 0 Å². The second-order valence-electron chi connectivity index (χ2n) is 4.40. The van der Waals surface area contributed by atoms with Gasteiger partial charge in [-0.15, -0.1) is 0 Å². The van der Waals surface area contributed by atoms with Crippen LogP contribution >= 0.6 is 15.9 Å². The fourth-order valence-electron chi connectivity index (χ4n) is 1.90. The van der Waals surface area contributed by atoms with Crippen LogP contribution in [0.15, 0.2) is 45.8 Å². The Morgan fingerprint density at radius 2 is 1.95 bits per heavy atom. The molecule has 2 rings (SSSR count). The van der Waals surface area contributed by atoms with Gasteiger partial charge in [-0.1, -0.05) is 15.9 Å². The molecule has 0 saturated heterocycles. The number of sulfone groups is 1. The second kappa shape index (κ2) is 5.84. The van der Waals surface area contributed by atoms with Gasteiger partial charge in [0.05, 0.1) is 28.0 Å². The van der Waals surface area contributed by atoms with Gasteiger partial charge in [0.25, 0.3) is 0 Å². The van der Waals surface area contributed by atoms with Gasteiger partial charge in [0, 0.05) is 4.47 Å². The molecule has 0 heterocycles. The van der Waals surface area contributed by atoms with E-state index in [0.717, 1.165) is 12.1 Å². The van der Waals surface area contributed by atoms with E-state index in [2.05, 4.69) is 15.9 Å². The molecular weight excluding hydrogens is 359 g/mol. The zero-order chi connectivity index (χ0) is 15.6. The summed E-state index contributed by atoms with van der Waals surface area (Å²) in [6.07, 6.45) is 0. The molecule has 0 aromatic heterocycles. The van der Waals surface area contributed by atoms with Crippen molar-refractivity contribution in [2.24, 2.45) is 0 Å². The fourth-order valence-corrected chi connectivity index (χ4v) is 3.73. The van der Waals surface area contributed by atoms with E-state index in [-0.39, 0.29) is 21.7 Å². The average Bonchev–Trinajstić information content (AvgIpc) is 2.36. The lowest BCUT2D eigenvalue weighted by Gasteiger charge is -2.08. The molecule has 0 bridgehead atoms. The Morgan fingerprint density at radius 3 is 2.57 bits per heavy atom. The van der Waals surface area contributed by atoms with Crippen molar-refractivity contribution in [2.45, 2.75) is 10.6 Å². The third-order valence-electron chi connectivity index (χ3n) is 2.75. The van der Waals surface area contributed by atoms with E-state index >= 15 is 0 Å². The normalized spacial score (nSPS) is 11.1. The number of halogens is 2. The summed E-state index contributed by atoms with van der Waals surface area (Å²) in [7, 11) is -3.72. The minimum Gasteiger partial charge on any atom is -0.398 e. The van der Waals surface area contributed by atoms with Crippen LogP contribution in [0.4, 0.5) is 10.1 Å². The highest BCUT2D eigenvalue weighted by Crippen LogP contribution is 2.26. The van der Waals surface area contributed by atoms with E-state index in [4.69, 9.17) is 11.0 Å². The van der Waals surface area contributed by atoms with Crippen molar-refractivity contribution in [3.05, 3.63) is 57.8 Å². The maximum absolute atomic E-state index is 13.3. The van der Waals surface area contributed by atoms with Gasteiger partial charge < -0.3 is 5.73 Å². The minimum atomic E-state index is -3.72. The first-order valence-corrected chi connectivity index (χ1v) is 8.24. The van der Waals surface area contributed by atoms with Crippen molar-refractivity contribution in [3.63, 3.8) is 0 Å². The van der Waals surface area contributed by atoms with Crippen LogP contribution in [-0.2, 0) is 15.6 Å². The lowest BCUT2D eigenvalue weighted by Crippen LogP contribution is -2.08. The predicted octanol–water partition coefficient (Wildman–Crippen LogP) is 3.02. The SMILES string of the molecule is N#Cc1cc(F)cc(CS(=O)(=O)c2ccc(Br)cc2N)c1. The third-order valence-corrected chi connectivity index (χ3v) is 5.00. The summed E-state index contributed by atoms with van der Waals surface area (Å²) in [5.41, 5.74) is 6.10. The highest BCUT2D eigenvalue weighted by Gasteiger charge is 2.19. The van der Waals surface area contributed by atoms with Crippen LogP contribution < -0.4 is 5.73 Å². The summed E-state index contributed by atoms with van der Waals surface area (Å²) in [5, 5.41) is 8.79. The number of anilines is 1. The smallest absolute Gasteiger partial charge is 0.184 e. The Balaban J connectivity index is 2.42. The third kappa shape index (κ3) is 3.60. The van der Waals surface area contributed by atoms with E-state index in [1.54, 1.807) is 12.1 Å². The molecule has 108 valence electrons. The molecule has 2 aromatic rings. The van der Waals surface area contributed by atoms with Crippen LogP contribution in [0.25, 0.3) is 0 Å². The molecule has 0 saturated carbocycles. The molecule has 0 spiro atoms. The summed E-state index contributed by atoms with van der Waals surface area (Å²) in [5.74, 6) is -1.08. The van der Waals surface area contributed by atoms with E-state index in [9.17, 15) is 12.8 Å². The molecule has 4 nitrogen and oxygen atoms in total. The lowest BCUT2D eigenvalue weighted by atomic mass is 10.1. The first-order valence-electron chi connectivity index (χ1n) is 5.79. The molecule has 0 aliphatic heterocycles. The van der Waals surface area contributed by atoms with Crippen LogP contribution in [0.5, 0.6) is 0 Å². The predicted molar refractivity (Wildman–Crippen MR) is 80.6 cm³/mol. The van der Waals surface area contributed by atoms with Crippen LogP contribution in [-0.4, -0.2) is 8.42 Å². The van der Waals surface area contributed by atoms with E-state index in [1.165, 1.54) is 18.2 Å². The largest absolute Gasteiger partial charge is 0.398 e. The molecule has 21 heavy (non-hydrogen) atoms. The molecule has 0 amide bonds. The van der Waals surface area contributed by atoms with Gasteiger partial charge in [-0.3, -0.25) is 0 Å². The van der Waals surface area contributed by atoms with Gasteiger partial charge in [0.15, 0.2) is 9.84 Å². The monoisotopic (exact) mass is 368 g/mol. The lowest BCUT2D eigenvalue weighted by molar-refractivity contribution is 0.595. The van der Waals surface area contributed by atoms with Gasteiger partial charge in [0.1, 0.15) is 5.82 Å². The van der Waals surface area contributed by atoms with Crippen LogP contribution in [0, 0.1) is 17.1 Å². The Kier molecular flexibility index (Phi) is 4.30. The second-order valence-corrected chi connectivity index (χ2v) is 7.27. The first kappa shape index (κ1) is 15.5. The minimum absolute atomic E-state index is 0.0199. The fraction of sp³-hybridized carbons (Fsp3) is 0.0714. The number of nitrogens with zero attached hydrogens (tertiary/aromatic N) is 1. The molecule has 0 unspecified atom stereocenters. The molecular formula is C14H10BrFN2O2S. The highest BCUT2D eigenvalue weighted by molar-refractivity contribution is 9.10. The van der Waals surface area contributed by atoms with Gasteiger partial charge >= 0.3 is 0 Å². The molecule has 0 atom stereocenters. The van der Waals surface area contributed by atoms with Crippen molar-refractivity contribution in [1.82, 2.24) is 0 Å². The number of hydrogen-bond acceptors (Lipinski definition) is 4. The number of nitriles is 1. The van der Waals surface area contributed by atoms with Crippen molar-refractivity contribution < 1.29 is 12.8 Å². The standard InChI is InChI=1S/C14H10BrFN2O2S/c15-11-1-2-14(13(18)6-11)21(19,20)8-10-3-9(7-17)4-12(16)5-10/h1-6H,8,18H2. The molecule has 2 N–H and O–H groups in total. The summed E-state index contributed by atoms with van der Waals surface area (Å²) in [6, 6.07) is 9.70. The van der Waals surface area contributed by atoms with Gasteiger partial charge in [0.2, 0.25) is 0 Å². The zero-order valence-electron chi connectivity index (χ0n) is 10.7. The maximum atomic E-state index is 13.3. The summed E-state index contributed by atoms with van der Waals surface area (Å²) in [4.78, 5) is -0.0199. The van der Waals surface area contributed by atoms with Crippen molar-refractivity contribution in [2.75, 3.05) is 5.73 Å². The number of rotatable bonds is 3.